The highest BCUT2D eigenvalue weighted by Gasteiger charge is 2.16. The number of benzene rings is 6. The first-order valence-electron chi connectivity index (χ1n) is 17.1. The van der Waals surface area contributed by atoms with E-state index in [2.05, 4.69) is 31.6 Å². The van der Waals surface area contributed by atoms with Crippen LogP contribution in [0, 0.1) is 0 Å². The van der Waals surface area contributed by atoms with Crippen molar-refractivity contribution < 1.29 is 45.0 Å². The average molecular weight is 780 g/mol. The minimum absolute atomic E-state index is 0.144. The lowest BCUT2D eigenvalue weighted by atomic mass is 10.1. The molecule has 0 aliphatic heterocycles. The fourth-order valence-corrected chi connectivity index (χ4v) is 5.40. The van der Waals surface area contributed by atoms with Crippen molar-refractivity contribution in [1.29, 1.82) is 0 Å². The van der Waals surface area contributed by atoms with Crippen LogP contribution < -0.4 is 21.2 Å². The summed E-state index contributed by atoms with van der Waals surface area (Å²) in [6.07, 6.45) is 4.24. The Labute approximate surface area is 329 Å². The second kappa shape index (κ2) is 17.7. The molecule has 0 fully saturated rings. The highest BCUT2D eigenvalue weighted by molar-refractivity contribution is 5.99. The number of aromatic hydroxyl groups is 6. The van der Waals surface area contributed by atoms with E-state index in [1.807, 2.05) is 41.3 Å². The number of nitrogens with one attached hydrogen (secondary N) is 3. The second-order valence-corrected chi connectivity index (χ2v) is 12.2. The van der Waals surface area contributed by atoms with E-state index < -0.39 is 52.2 Å². The van der Waals surface area contributed by atoms with Gasteiger partial charge in [0.15, 0.2) is 34.5 Å². The highest BCUT2D eigenvalue weighted by Crippen LogP contribution is 2.35. The summed E-state index contributed by atoms with van der Waals surface area (Å²) < 4.78 is 0. The number of carbonyl (C=O) groups excluding carboxylic acids is 3. The van der Waals surface area contributed by atoms with Crippen LogP contribution in [0.4, 0.5) is 17.1 Å². The molecule has 0 bridgehead atoms. The molecule has 9 N–H and O–H groups in total. The van der Waals surface area contributed by atoms with Gasteiger partial charge in [0.2, 0.25) is 0 Å². The number of hydrogen-bond donors (Lipinski definition) is 9. The molecule has 6 rings (SSSR count). The van der Waals surface area contributed by atoms with Gasteiger partial charge in [-0.3, -0.25) is 14.4 Å². The van der Waals surface area contributed by atoms with Crippen LogP contribution >= 0.6 is 0 Å². The van der Waals surface area contributed by atoms with Gasteiger partial charge in [-0.25, -0.2) is 16.3 Å². The summed E-state index contributed by atoms with van der Waals surface area (Å²) in [5.41, 5.74) is 10.6. The summed E-state index contributed by atoms with van der Waals surface area (Å²) >= 11 is 0. The fourth-order valence-electron chi connectivity index (χ4n) is 5.40. The molecule has 290 valence electrons. The van der Waals surface area contributed by atoms with E-state index in [0.717, 1.165) is 17.1 Å². The fraction of sp³-hybridized carbons (Fsp3) is 0. The molecule has 0 aliphatic carbocycles. The molecular formula is C42H33N7O9. The van der Waals surface area contributed by atoms with E-state index in [1.54, 1.807) is 36.4 Å². The largest absolute Gasteiger partial charge is 0.504 e. The van der Waals surface area contributed by atoms with Crippen molar-refractivity contribution in [3.8, 4) is 34.5 Å². The highest BCUT2D eigenvalue weighted by atomic mass is 16.3. The van der Waals surface area contributed by atoms with Gasteiger partial charge >= 0.3 is 0 Å². The maximum atomic E-state index is 12.5. The molecule has 0 aliphatic rings. The number of nitrogens with zero attached hydrogens (tertiary/aromatic N) is 4. The quantitative estimate of drug-likeness (QED) is 0.0418. The molecule has 58 heavy (non-hydrogen) atoms. The molecule has 0 atom stereocenters. The van der Waals surface area contributed by atoms with Crippen molar-refractivity contribution in [3.63, 3.8) is 0 Å². The predicted octanol–water partition coefficient (Wildman–Crippen LogP) is 5.68. The van der Waals surface area contributed by atoms with Crippen molar-refractivity contribution in [2.75, 3.05) is 4.90 Å². The maximum Gasteiger partial charge on any atom is 0.275 e. The molecule has 0 spiro atoms. The molecule has 6 aromatic carbocycles. The molecule has 0 saturated carbocycles. The van der Waals surface area contributed by atoms with E-state index in [4.69, 9.17) is 0 Å². The molecule has 3 amide bonds. The number of phenolic OH excluding ortho intramolecular Hbond substituents is 6. The molecule has 6 aromatic rings. The second-order valence-electron chi connectivity index (χ2n) is 12.2. The van der Waals surface area contributed by atoms with Gasteiger partial charge in [0.1, 0.15) is 0 Å². The maximum absolute atomic E-state index is 12.5. The Kier molecular flexibility index (Phi) is 11.9. The molecule has 0 heterocycles. The van der Waals surface area contributed by atoms with Crippen LogP contribution in [-0.2, 0) is 0 Å². The van der Waals surface area contributed by atoms with Gasteiger partial charge < -0.3 is 35.5 Å². The zero-order chi connectivity index (χ0) is 41.2. The molecule has 0 radical (unpaired) electrons. The first-order chi connectivity index (χ1) is 28.0. The Morgan fingerprint density at radius 3 is 0.914 bits per heavy atom. The van der Waals surface area contributed by atoms with Gasteiger partial charge in [0, 0.05) is 17.1 Å². The summed E-state index contributed by atoms with van der Waals surface area (Å²) in [7, 11) is 0. The van der Waals surface area contributed by atoms with Gasteiger partial charge in [0.05, 0.1) is 35.3 Å². The van der Waals surface area contributed by atoms with Crippen LogP contribution in [0.25, 0.3) is 0 Å². The molecule has 0 unspecified atom stereocenters. The first-order valence-corrected chi connectivity index (χ1v) is 17.1. The van der Waals surface area contributed by atoms with E-state index in [1.165, 1.54) is 73.2 Å². The summed E-state index contributed by atoms with van der Waals surface area (Å²) in [5.74, 6) is -5.13. The van der Waals surface area contributed by atoms with Crippen LogP contribution in [0.5, 0.6) is 34.5 Å². The van der Waals surface area contributed by atoms with Crippen LogP contribution in [-0.4, -0.2) is 67.0 Å². The normalized spacial score (nSPS) is 11.2. The van der Waals surface area contributed by atoms with E-state index in [0.29, 0.717) is 16.7 Å². The SMILES string of the molecule is O=C(N/N=C/c1ccc(N(c2ccc(/C=N/NC(=O)c3cccc(O)c3O)cc2)c2ccc(/C=N/NC(=O)c3cccc(O)c3O)cc2)cc1)c1cccc(O)c1O. The van der Waals surface area contributed by atoms with Crippen molar-refractivity contribution in [3.05, 3.63) is 161 Å². The smallest absolute Gasteiger partial charge is 0.275 e. The number of amides is 3. The van der Waals surface area contributed by atoms with Gasteiger partial charge in [0.25, 0.3) is 17.7 Å². The van der Waals surface area contributed by atoms with Crippen molar-refractivity contribution in [2.45, 2.75) is 0 Å². The Balaban J connectivity index is 1.20. The Morgan fingerprint density at radius 2 is 0.655 bits per heavy atom. The van der Waals surface area contributed by atoms with Crippen LogP contribution in [0.2, 0.25) is 0 Å². The van der Waals surface area contributed by atoms with Crippen LogP contribution in [0.3, 0.4) is 0 Å². The van der Waals surface area contributed by atoms with Gasteiger partial charge in [-0.2, -0.15) is 15.3 Å². The van der Waals surface area contributed by atoms with Crippen LogP contribution in [0.1, 0.15) is 47.8 Å². The minimum atomic E-state index is -0.717. The lowest BCUT2D eigenvalue weighted by Gasteiger charge is -2.25. The number of hydrazone groups is 3. The third-order valence-electron chi connectivity index (χ3n) is 8.37. The molecular weight excluding hydrogens is 747 g/mol. The Bertz CT molecular complexity index is 2270. The monoisotopic (exact) mass is 779 g/mol. The first kappa shape index (κ1) is 39.0. The van der Waals surface area contributed by atoms with Gasteiger partial charge in [-0.05, 0) is 89.5 Å². The van der Waals surface area contributed by atoms with Gasteiger partial charge in [-0.15, -0.1) is 0 Å². The van der Waals surface area contributed by atoms with Crippen molar-refractivity contribution >= 4 is 53.4 Å². The standard InChI is InChI=1S/C42H33N7O9/c50-34-7-1-4-31(37(34)53)40(56)46-43-22-25-10-16-28(17-11-25)49(29-18-12-26(13-19-29)23-44-47-41(57)32-5-2-8-35(51)38(32)54)30-20-14-27(15-21-30)24-45-48-42(58)33-6-3-9-36(52)39(33)55/h1-24,50-55H,(H,46,56)(H,47,57)(H,48,58)/b43-22+,44-23+,45-24+. The third-order valence-corrected chi connectivity index (χ3v) is 8.37. The topological polar surface area (TPSA) is 249 Å². The van der Waals surface area contributed by atoms with E-state index in [9.17, 15) is 45.0 Å². The summed E-state index contributed by atoms with van der Waals surface area (Å²) in [6, 6.07) is 33.6. The number of para-hydroxylation sites is 3. The van der Waals surface area contributed by atoms with E-state index in [-0.39, 0.29) is 16.7 Å². The Hall–Kier alpha value is -8.66. The summed E-state index contributed by atoms with van der Waals surface area (Å²) in [6.45, 7) is 0. The summed E-state index contributed by atoms with van der Waals surface area (Å²) in [5, 5.41) is 70.9. The third kappa shape index (κ3) is 9.16. The Morgan fingerprint density at radius 1 is 0.397 bits per heavy atom. The minimum Gasteiger partial charge on any atom is -0.504 e. The van der Waals surface area contributed by atoms with E-state index >= 15 is 0 Å². The molecule has 0 aromatic heterocycles. The zero-order valence-electron chi connectivity index (χ0n) is 30.1. The lowest BCUT2D eigenvalue weighted by molar-refractivity contribution is 0.0943. The molecule has 16 heteroatoms. The number of rotatable bonds is 12. The number of carbonyl (C=O) groups is 3. The van der Waals surface area contributed by atoms with Crippen molar-refractivity contribution in [2.24, 2.45) is 15.3 Å². The number of phenols is 6. The number of hydrogen-bond acceptors (Lipinski definition) is 13. The zero-order valence-corrected chi connectivity index (χ0v) is 30.1. The van der Waals surface area contributed by atoms with Crippen LogP contribution in [0.15, 0.2) is 143 Å². The average Bonchev–Trinajstić information content (AvgIpc) is 3.22. The predicted molar refractivity (Wildman–Crippen MR) is 216 cm³/mol. The lowest BCUT2D eigenvalue weighted by Crippen LogP contribution is -2.17. The van der Waals surface area contributed by atoms with Gasteiger partial charge in [-0.1, -0.05) is 54.6 Å². The number of anilines is 3. The van der Waals surface area contributed by atoms with Crippen molar-refractivity contribution in [1.82, 2.24) is 16.3 Å². The summed E-state index contributed by atoms with van der Waals surface area (Å²) in [4.78, 5) is 39.3. The molecule has 0 saturated heterocycles. The molecule has 16 nitrogen and oxygen atoms in total.